The van der Waals surface area contributed by atoms with E-state index in [1.807, 2.05) is 6.07 Å². The number of carbonyl (C=O) groups is 1. The molecule has 0 aliphatic heterocycles. The minimum atomic E-state index is -0.725. The molecule has 0 fully saturated rings. The molecule has 0 saturated carbocycles. The smallest absolute Gasteiger partial charge is 0.220 e. The molecule has 1 N–H and O–H groups in total. The van der Waals surface area contributed by atoms with Crippen LogP contribution in [0.15, 0.2) is 41.1 Å². The molecule has 0 bridgehead atoms. The maximum Gasteiger partial charge on any atom is 0.220 e. The van der Waals surface area contributed by atoms with E-state index in [9.17, 15) is 13.6 Å². The summed E-state index contributed by atoms with van der Waals surface area (Å²) in [5.41, 5.74) is 0.615. The number of nitrogens with one attached hydrogen (secondary N) is 1. The summed E-state index contributed by atoms with van der Waals surface area (Å²) in [6.07, 6.45) is 3.28. The van der Waals surface area contributed by atoms with Gasteiger partial charge >= 0.3 is 0 Å². The molecule has 0 aliphatic carbocycles. The third-order valence-electron chi connectivity index (χ3n) is 3.72. The molecule has 3 aromatic rings. The van der Waals surface area contributed by atoms with Gasteiger partial charge in [0.15, 0.2) is 11.7 Å². The van der Waals surface area contributed by atoms with Crippen LogP contribution in [0, 0.1) is 11.6 Å². The van der Waals surface area contributed by atoms with E-state index in [1.54, 1.807) is 17.9 Å². The third kappa shape index (κ3) is 3.90. The standard InChI is InChI=1S/C17H16F2N4O2/c1-23-11(7-8-22-23)9-20-15(24)5-6-16-21-10-14(25-16)17-12(18)3-2-4-13(17)19/h2-4,7-8,10H,5-6,9H2,1H3,(H,20,24). The third-order valence-corrected chi connectivity index (χ3v) is 3.72. The molecule has 0 aliphatic rings. The molecule has 25 heavy (non-hydrogen) atoms. The summed E-state index contributed by atoms with van der Waals surface area (Å²) in [6, 6.07) is 5.38. The van der Waals surface area contributed by atoms with Gasteiger partial charge in [-0.2, -0.15) is 5.10 Å². The molecular formula is C17H16F2N4O2. The zero-order valence-corrected chi connectivity index (χ0v) is 13.5. The zero-order valence-electron chi connectivity index (χ0n) is 13.5. The van der Waals surface area contributed by atoms with Crippen molar-refractivity contribution in [2.45, 2.75) is 19.4 Å². The Bertz CT molecular complexity index is 868. The Kier molecular flexibility index (Phi) is 4.87. The van der Waals surface area contributed by atoms with Crippen LogP contribution < -0.4 is 5.32 Å². The van der Waals surface area contributed by atoms with Crippen molar-refractivity contribution in [2.24, 2.45) is 7.05 Å². The average molecular weight is 346 g/mol. The van der Waals surface area contributed by atoms with Gasteiger partial charge in [0.05, 0.1) is 24.0 Å². The van der Waals surface area contributed by atoms with Gasteiger partial charge in [-0.3, -0.25) is 9.48 Å². The molecule has 0 atom stereocenters. The number of halogens is 2. The number of rotatable bonds is 6. The largest absolute Gasteiger partial charge is 0.441 e. The van der Waals surface area contributed by atoms with Crippen molar-refractivity contribution in [3.8, 4) is 11.3 Å². The van der Waals surface area contributed by atoms with Crippen molar-refractivity contribution in [3.05, 3.63) is 59.9 Å². The summed E-state index contributed by atoms with van der Waals surface area (Å²) in [6.45, 7) is 0.368. The van der Waals surface area contributed by atoms with Gasteiger partial charge in [0.1, 0.15) is 11.6 Å². The number of nitrogens with zero attached hydrogens (tertiary/aromatic N) is 3. The first-order valence-corrected chi connectivity index (χ1v) is 7.67. The Morgan fingerprint density at radius 1 is 1.28 bits per heavy atom. The normalized spacial score (nSPS) is 10.8. The van der Waals surface area contributed by atoms with Crippen molar-refractivity contribution in [3.63, 3.8) is 0 Å². The minimum Gasteiger partial charge on any atom is -0.441 e. The average Bonchev–Trinajstić information content (AvgIpc) is 3.20. The number of aryl methyl sites for hydroxylation is 2. The highest BCUT2D eigenvalue weighted by atomic mass is 19.1. The molecule has 6 nitrogen and oxygen atoms in total. The minimum absolute atomic E-state index is 0.000827. The number of amides is 1. The van der Waals surface area contributed by atoms with Crippen LogP contribution in [0.2, 0.25) is 0 Å². The summed E-state index contributed by atoms with van der Waals surface area (Å²) >= 11 is 0. The molecule has 2 aromatic heterocycles. The SMILES string of the molecule is Cn1nccc1CNC(=O)CCc1ncc(-c2c(F)cccc2F)o1. The van der Waals surface area contributed by atoms with Crippen molar-refractivity contribution >= 4 is 5.91 Å². The fraction of sp³-hybridized carbons (Fsp3) is 0.235. The highest BCUT2D eigenvalue weighted by Gasteiger charge is 2.16. The number of oxazole rings is 1. The number of hydrogen-bond acceptors (Lipinski definition) is 4. The Labute approximate surface area is 142 Å². The molecule has 0 radical (unpaired) electrons. The van der Waals surface area contributed by atoms with Gasteiger partial charge in [0.2, 0.25) is 5.91 Å². The van der Waals surface area contributed by atoms with Crippen LogP contribution in [-0.4, -0.2) is 20.7 Å². The molecule has 1 amide bonds. The van der Waals surface area contributed by atoms with E-state index in [0.29, 0.717) is 6.54 Å². The lowest BCUT2D eigenvalue weighted by atomic mass is 10.1. The first kappa shape index (κ1) is 16.8. The van der Waals surface area contributed by atoms with E-state index < -0.39 is 11.6 Å². The van der Waals surface area contributed by atoms with E-state index in [-0.39, 0.29) is 36.0 Å². The van der Waals surface area contributed by atoms with Gasteiger partial charge in [-0.05, 0) is 18.2 Å². The van der Waals surface area contributed by atoms with E-state index >= 15 is 0 Å². The maximum absolute atomic E-state index is 13.7. The monoisotopic (exact) mass is 346 g/mol. The summed E-state index contributed by atoms with van der Waals surface area (Å²) < 4.78 is 34.5. The van der Waals surface area contributed by atoms with Gasteiger partial charge in [-0.15, -0.1) is 0 Å². The van der Waals surface area contributed by atoms with Crippen LogP contribution in [0.1, 0.15) is 18.0 Å². The molecule has 8 heteroatoms. The highest BCUT2D eigenvalue weighted by Crippen LogP contribution is 2.26. The maximum atomic E-state index is 13.7. The first-order valence-electron chi connectivity index (χ1n) is 7.67. The molecule has 130 valence electrons. The van der Waals surface area contributed by atoms with Crippen molar-refractivity contribution < 1.29 is 18.0 Å². The molecule has 0 spiro atoms. The molecule has 0 unspecified atom stereocenters. The van der Waals surface area contributed by atoms with Crippen LogP contribution in [0.5, 0.6) is 0 Å². The Morgan fingerprint density at radius 3 is 2.72 bits per heavy atom. The van der Waals surface area contributed by atoms with Crippen molar-refractivity contribution in [1.82, 2.24) is 20.1 Å². The highest BCUT2D eigenvalue weighted by molar-refractivity contribution is 5.76. The lowest BCUT2D eigenvalue weighted by molar-refractivity contribution is -0.121. The number of carbonyl (C=O) groups excluding carboxylic acids is 1. The summed E-state index contributed by atoms with van der Waals surface area (Å²) in [5.74, 6) is -1.39. The van der Waals surface area contributed by atoms with Crippen molar-refractivity contribution in [2.75, 3.05) is 0 Å². The van der Waals surface area contributed by atoms with Crippen LogP contribution in [0.3, 0.4) is 0 Å². The Hall–Kier alpha value is -3.03. The van der Waals surface area contributed by atoms with Crippen molar-refractivity contribution in [1.29, 1.82) is 0 Å². The Balaban J connectivity index is 1.57. The topological polar surface area (TPSA) is 73.0 Å². The summed E-state index contributed by atoms with van der Waals surface area (Å²) in [5, 5.41) is 6.78. The van der Waals surface area contributed by atoms with Gasteiger partial charge in [0, 0.05) is 26.1 Å². The second-order valence-electron chi connectivity index (χ2n) is 5.44. The second kappa shape index (κ2) is 7.25. The number of hydrogen-bond donors (Lipinski definition) is 1. The van der Waals surface area contributed by atoms with Crippen LogP contribution in [0.25, 0.3) is 11.3 Å². The van der Waals surface area contributed by atoms with Gasteiger partial charge in [-0.1, -0.05) is 6.07 Å². The summed E-state index contributed by atoms with van der Waals surface area (Å²) in [7, 11) is 1.79. The molecule has 2 heterocycles. The number of aromatic nitrogens is 3. The van der Waals surface area contributed by atoms with E-state index in [0.717, 1.165) is 17.8 Å². The fourth-order valence-electron chi connectivity index (χ4n) is 2.35. The Morgan fingerprint density at radius 2 is 2.04 bits per heavy atom. The van der Waals surface area contributed by atoms with Crippen LogP contribution >= 0.6 is 0 Å². The zero-order chi connectivity index (χ0) is 17.8. The first-order chi connectivity index (χ1) is 12.0. The second-order valence-corrected chi connectivity index (χ2v) is 5.44. The predicted octanol–water partition coefficient (Wildman–Crippen LogP) is 2.60. The lowest BCUT2D eigenvalue weighted by Gasteiger charge is -2.04. The van der Waals surface area contributed by atoms with Gasteiger partial charge < -0.3 is 9.73 Å². The predicted molar refractivity (Wildman–Crippen MR) is 85.2 cm³/mol. The molecule has 3 rings (SSSR count). The number of benzene rings is 1. The fourth-order valence-corrected chi connectivity index (χ4v) is 2.35. The van der Waals surface area contributed by atoms with Gasteiger partial charge in [0.25, 0.3) is 0 Å². The van der Waals surface area contributed by atoms with E-state index in [2.05, 4.69) is 15.4 Å². The quantitative estimate of drug-likeness (QED) is 0.745. The summed E-state index contributed by atoms with van der Waals surface area (Å²) in [4.78, 5) is 15.9. The molecule has 1 aromatic carbocycles. The molecular weight excluding hydrogens is 330 g/mol. The van der Waals surface area contributed by atoms with Crippen LogP contribution in [0.4, 0.5) is 8.78 Å². The van der Waals surface area contributed by atoms with E-state index in [4.69, 9.17) is 4.42 Å². The lowest BCUT2D eigenvalue weighted by Crippen LogP contribution is -2.24. The van der Waals surface area contributed by atoms with Crippen LogP contribution in [-0.2, 0) is 24.8 Å². The van der Waals surface area contributed by atoms with Gasteiger partial charge in [-0.25, -0.2) is 13.8 Å². The van der Waals surface area contributed by atoms with E-state index in [1.165, 1.54) is 12.3 Å². The molecule has 0 saturated heterocycles.